The number of anilines is 1. The Balaban J connectivity index is 2.52. The maximum absolute atomic E-state index is 12.7. The van der Waals surface area contributed by atoms with Crippen molar-refractivity contribution in [1.29, 1.82) is 10.5 Å². The highest BCUT2D eigenvalue weighted by molar-refractivity contribution is 8.01. The second-order valence-corrected chi connectivity index (χ2v) is 8.90. The van der Waals surface area contributed by atoms with Crippen LogP contribution in [0.25, 0.3) is 11.1 Å². The Morgan fingerprint density at radius 3 is 2.39 bits per heavy atom. The van der Waals surface area contributed by atoms with Crippen molar-refractivity contribution in [3.63, 3.8) is 0 Å². The number of thioether (sulfide) groups is 1. The number of hydrogen-bond acceptors (Lipinski definition) is 9. The number of nitrogen functional groups attached to an aromatic ring is 1. The number of Topliss-reactive ketones (excluding diaryl/α,β-unsaturated/α-hetero) is 1. The quantitative estimate of drug-likeness (QED) is 0.239. The van der Waals surface area contributed by atoms with Gasteiger partial charge < -0.3 is 15.2 Å². The van der Waals surface area contributed by atoms with Crippen LogP contribution in [0.3, 0.4) is 0 Å². The fourth-order valence-electron chi connectivity index (χ4n) is 2.89. The number of esters is 1. The third-order valence-electron chi connectivity index (χ3n) is 4.56. The van der Waals surface area contributed by atoms with Gasteiger partial charge >= 0.3 is 5.97 Å². The van der Waals surface area contributed by atoms with Crippen LogP contribution in [0, 0.1) is 22.7 Å². The molecular weight excluding hydrogens is 440 g/mol. The second-order valence-electron chi connectivity index (χ2n) is 7.29. The Kier molecular flexibility index (Phi) is 8.61. The molecule has 0 saturated carbocycles. The number of ketones is 1. The van der Waals surface area contributed by atoms with E-state index in [1.807, 2.05) is 6.07 Å². The number of nitriles is 2. The molecule has 0 unspecified atom stereocenters. The van der Waals surface area contributed by atoms with Crippen molar-refractivity contribution in [2.75, 3.05) is 18.9 Å². The molecule has 2 aromatic rings. The highest BCUT2D eigenvalue weighted by atomic mass is 32.2. The van der Waals surface area contributed by atoms with E-state index in [9.17, 15) is 20.1 Å². The van der Waals surface area contributed by atoms with Crippen LogP contribution in [0.2, 0.25) is 0 Å². The van der Waals surface area contributed by atoms with E-state index in [1.54, 1.807) is 51.1 Å². The first-order valence-electron chi connectivity index (χ1n) is 10.0. The number of nitrogens with two attached hydrogens (primary N) is 1. The Bertz CT molecular complexity index is 1150. The number of nitrogens with zero attached hydrogens (tertiary/aromatic N) is 3. The molecule has 0 aliphatic heterocycles. The number of pyridine rings is 1. The van der Waals surface area contributed by atoms with Crippen LogP contribution in [-0.2, 0) is 14.3 Å². The van der Waals surface area contributed by atoms with Gasteiger partial charge in [-0.05, 0) is 38.5 Å². The van der Waals surface area contributed by atoms with Gasteiger partial charge in [-0.1, -0.05) is 36.5 Å². The maximum atomic E-state index is 12.7. The number of carbonyl (C=O) groups excluding carboxylic acids is 2. The fraction of sp³-hybridized carbons (Fsp3) is 0.292. The first-order chi connectivity index (χ1) is 15.7. The van der Waals surface area contributed by atoms with Crippen LogP contribution in [-0.4, -0.2) is 34.7 Å². The van der Waals surface area contributed by atoms with Crippen LogP contribution < -0.4 is 10.5 Å². The zero-order valence-electron chi connectivity index (χ0n) is 18.7. The zero-order valence-corrected chi connectivity index (χ0v) is 19.5. The minimum Gasteiger partial charge on any atom is -0.490 e. The van der Waals surface area contributed by atoms with Crippen LogP contribution >= 0.6 is 11.8 Å². The molecular formula is C24H24N4O4S. The summed E-state index contributed by atoms with van der Waals surface area (Å²) >= 11 is 1.01. The molecule has 0 amide bonds. The minimum atomic E-state index is -1.11. The van der Waals surface area contributed by atoms with Crippen molar-refractivity contribution in [3.05, 3.63) is 48.0 Å². The zero-order chi connectivity index (χ0) is 24.6. The van der Waals surface area contributed by atoms with Gasteiger partial charge in [0.15, 0.2) is 5.78 Å². The summed E-state index contributed by atoms with van der Waals surface area (Å²) in [5, 5.41) is 19.8. The largest absolute Gasteiger partial charge is 0.490 e. The van der Waals surface area contributed by atoms with Gasteiger partial charge in [-0.25, -0.2) is 4.98 Å². The van der Waals surface area contributed by atoms with Crippen molar-refractivity contribution in [2.24, 2.45) is 0 Å². The molecule has 0 aliphatic carbocycles. The van der Waals surface area contributed by atoms with E-state index >= 15 is 0 Å². The third kappa shape index (κ3) is 6.12. The van der Waals surface area contributed by atoms with E-state index in [4.69, 9.17) is 15.2 Å². The summed E-state index contributed by atoms with van der Waals surface area (Å²) in [5.74, 6) is -0.471. The van der Waals surface area contributed by atoms with Crippen LogP contribution in [0.15, 0.2) is 41.9 Å². The van der Waals surface area contributed by atoms with Gasteiger partial charge in [-0.3, -0.25) is 9.59 Å². The Labute approximate surface area is 197 Å². The number of benzene rings is 1. The number of aromatic nitrogens is 1. The summed E-state index contributed by atoms with van der Waals surface area (Å²) in [7, 11) is 0. The summed E-state index contributed by atoms with van der Waals surface area (Å²) in [6.45, 7) is 9.02. The molecule has 0 bridgehead atoms. The van der Waals surface area contributed by atoms with E-state index in [1.165, 1.54) is 0 Å². The lowest BCUT2D eigenvalue weighted by atomic mass is 9.97. The van der Waals surface area contributed by atoms with Gasteiger partial charge in [0, 0.05) is 5.56 Å². The summed E-state index contributed by atoms with van der Waals surface area (Å²) < 4.78 is 9.23. The Morgan fingerprint density at radius 2 is 1.85 bits per heavy atom. The number of carbonyl (C=O) groups is 2. The van der Waals surface area contributed by atoms with Crippen LogP contribution in [0.5, 0.6) is 5.75 Å². The standard InChI is InChI=1S/C24H24N4O4S/c1-5-11-32-16-9-7-15(8-10-16)21-17(13-25)22(27)28-23(18(21)14-26)33-24(3,4)19(29)12-20(30)31-6-2/h5,7-10H,1,6,11-12H2,2-4H3,(H2,27,28). The molecule has 33 heavy (non-hydrogen) atoms. The van der Waals surface area contributed by atoms with E-state index < -0.39 is 17.1 Å². The smallest absolute Gasteiger partial charge is 0.313 e. The molecule has 0 saturated heterocycles. The molecule has 1 heterocycles. The number of hydrogen-bond donors (Lipinski definition) is 1. The predicted molar refractivity (Wildman–Crippen MR) is 125 cm³/mol. The highest BCUT2D eigenvalue weighted by Crippen LogP contribution is 2.41. The molecule has 0 radical (unpaired) electrons. The van der Waals surface area contributed by atoms with Gasteiger partial charge in [0.05, 0.1) is 16.9 Å². The lowest BCUT2D eigenvalue weighted by Gasteiger charge is -2.23. The van der Waals surface area contributed by atoms with Crippen molar-refractivity contribution in [2.45, 2.75) is 37.0 Å². The summed E-state index contributed by atoms with van der Waals surface area (Å²) in [6.07, 6.45) is 1.22. The van der Waals surface area contributed by atoms with Gasteiger partial charge in [-0.15, -0.1) is 0 Å². The predicted octanol–water partition coefficient (Wildman–Crippen LogP) is 4.03. The summed E-state index contributed by atoms with van der Waals surface area (Å²) in [5.41, 5.74) is 7.12. The average Bonchev–Trinajstić information content (AvgIpc) is 2.77. The molecule has 0 atom stereocenters. The number of rotatable bonds is 10. The van der Waals surface area contributed by atoms with E-state index in [2.05, 4.69) is 17.6 Å². The lowest BCUT2D eigenvalue weighted by Crippen LogP contribution is -2.30. The average molecular weight is 465 g/mol. The molecule has 9 heteroatoms. The molecule has 170 valence electrons. The topological polar surface area (TPSA) is 139 Å². The van der Waals surface area contributed by atoms with E-state index in [0.29, 0.717) is 23.5 Å². The maximum Gasteiger partial charge on any atom is 0.313 e. The first-order valence-corrected chi connectivity index (χ1v) is 10.9. The van der Waals surface area contributed by atoms with Gasteiger partial charge in [0.2, 0.25) is 0 Å². The van der Waals surface area contributed by atoms with Crippen molar-refractivity contribution >= 4 is 29.3 Å². The van der Waals surface area contributed by atoms with E-state index in [0.717, 1.165) is 11.8 Å². The number of ether oxygens (including phenoxy) is 2. The third-order valence-corrected chi connectivity index (χ3v) is 5.79. The second kappa shape index (κ2) is 11.2. The molecule has 0 spiro atoms. The molecule has 0 aliphatic rings. The monoisotopic (exact) mass is 464 g/mol. The first kappa shape index (κ1) is 25.4. The highest BCUT2D eigenvalue weighted by Gasteiger charge is 2.33. The molecule has 8 nitrogen and oxygen atoms in total. The normalized spacial score (nSPS) is 10.6. The van der Waals surface area contributed by atoms with Crippen molar-refractivity contribution < 1.29 is 19.1 Å². The van der Waals surface area contributed by atoms with Crippen LogP contribution in [0.1, 0.15) is 38.3 Å². The van der Waals surface area contributed by atoms with Crippen LogP contribution in [0.4, 0.5) is 5.82 Å². The van der Waals surface area contributed by atoms with E-state index in [-0.39, 0.29) is 34.4 Å². The summed E-state index contributed by atoms with van der Waals surface area (Å²) in [6, 6.07) is 10.9. The van der Waals surface area contributed by atoms with Crippen molar-refractivity contribution in [1.82, 2.24) is 4.98 Å². The SMILES string of the molecule is C=CCOc1ccc(-c2c(C#N)c(N)nc(SC(C)(C)C(=O)CC(=O)OCC)c2C#N)cc1. The van der Waals surface area contributed by atoms with Crippen molar-refractivity contribution in [3.8, 4) is 29.0 Å². The minimum absolute atomic E-state index is 0.0605. The molecule has 0 fully saturated rings. The van der Waals surface area contributed by atoms with Gasteiger partial charge in [-0.2, -0.15) is 10.5 Å². The molecule has 1 aromatic heterocycles. The fourth-order valence-corrected chi connectivity index (χ4v) is 3.95. The molecule has 2 N–H and O–H groups in total. The summed E-state index contributed by atoms with van der Waals surface area (Å²) in [4.78, 5) is 28.7. The molecule has 2 rings (SSSR count). The lowest BCUT2D eigenvalue weighted by molar-refractivity contribution is -0.145. The van der Waals surface area contributed by atoms with Gasteiger partial charge in [0.25, 0.3) is 0 Å². The molecule has 1 aromatic carbocycles. The van der Waals surface area contributed by atoms with Gasteiger partial charge in [0.1, 0.15) is 47.3 Å². The Morgan fingerprint density at radius 1 is 1.21 bits per heavy atom. The Hall–Kier alpha value is -3.82.